The van der Waals surface area contributed by atoms with Gasteiger partial charge in [-0.25, -0.2) is 13.2 Å². The monoisotopic (exact) mass is 413 g/mol. The molecule has 1 aliphatic rings. The van der Waals surface area contributed by atoms with Gasteiger partial charge in [-0.05, 0) is 39.7 Å². The maximum Gasteiger partial charge on any atom is 0.227 e. The van der Waals surface area contributed by atoms with E-state index >= 15 is 0 Å². The molecular weight excluding hydrogens is 399 g/mol. The number of ether oxygens (including phenoxy) is 1. The molecule has 25 heavy (non-hydrogen) atoms. The first-order valence-corrected chi connectivity index (χ1v) is 8.51. The molecule has 3 nitrogen and oxygen atoms in total. The molecule has 7 heteroatoms. The lowest BCUT2D eigenvalue weighted by molar-refractivity contribution is -0.138. The van der Waals surface area contributed by atoms with Crippen molar-refractivity contribution in [3.63, 3.8) is 0 Å². The van der Waals surface area contributed by atoms with Gasteiger partial charge in [0.05, 0.1) is 24.0 Å². The largest absolute Gasteiger partial charge is 0.370 e. The molecule has 1 aliphatic heterocycles. The molecular formula is C18H15BrF3NO2. The number of hydrogen-bond acceptors (Lipinski definition) is 2. The van der Waals surface area contributed by atoms with E-state index in [1.54, 1.807) is 17.0 Å². The van der Waals surface area contributed by atoms with E-state index in [0.717, 1.165) is 12.1 Å². The highest BCUT2D eigenvalue weighted by molar-refractivity contribution is 9.10. The molecule has 0 bridgehead atoms. The van der Waals surface area contributed by atoms with Crippen LogP contribution < -0.4 is 0 Å². The Bertz CT molecular complexity index is 800. The Morgan fingerprint density at radius 1 is 1.16 bits per heavy atom. The normalized spacial score (nSPS) is 17.6. The van der Waals surface area contributed by atoms with Crippen LogP contribution in [0.3, 0.4) is 0 Å². The Morgan fingerprint density at radius 2 is 1.96 bits per heavy atom. The van der Waals surface area contributed by atoms with Crippen molar-refractivity contribution < 1.29 is 22.7 Å². The molecule has 132 valence electrons. The van der Waals surface area contributed by atoms with Crippen LogP contribution in [0.5, 0.6) is 0 Å². The van der Waals surface area contributed by atoms with E-state index in [-0.39, 0.29) is 31.0 Å². The lowest BCUT2D eigenvalue weighted by Gasteiger charge is -2.33. The van der Waals surface area contributed by atoms with Crippen molar-refractivity contribution in [2.24, 2.45) is 0 Å². The molecule has 3 rings (SSSR count). The first kappa shape index (κ1) is 17.9. The number of rotatable bonds is 3. The third-order valence-electron chi connectivity index (χ3n) is 4.07. The summed E-state index contributed by atoms with van der Waals surface area (Å²) in [7, 11) is 0. The second-order valence-corrected chi connectivity index (χ2v) is 6.64. The summed E-state index contributed by atoms with van der Waals surface area (Å²) in [4.78, 5) is 14.0. The maximum absolute atomic E-state index is 13.9. The predicted molar refractivity (Wildman–Crippen MR) is 89.4 cm³/mol. The van der Waals surface area contributed by atoms with Gasteiger partial charge in [0.1, 0.15) is 23.6 Å². The summed E-state index contributed by atoms with van der Waals surface area (Å²) < 4.78 is 46.4. The average molecular weight is 414 g/mol. The lowest BCUT2D eigenvalue weighted by atomic mass is 10.1. The smallest absolute Gasteiger partial charge is 0.227 e. The molecule has 1 atom stereocenters. The topological polar surface area (TPSA) is 29.5 Å². The first-order valence-electron chi connectivity index (χ1n) is 7.72. The number of hydrogen-bond donors (Lipinski definition) is 0. The van der Waals surface area contributed by atoms with Gasteiger partial charge in [0.25, 0.3) is 0 Å². The van der Waals surface area contributed by atoms with Crippen LogP contribution in [0.1, 0.15) is 17.2 Å². The first-order chi connectivity index (χ1) is 11.9. The Hall–Kier alpha value is -1.86. The molecule has 2 aromatic rings. The van der Waals surface area contributed by atoms with Gasteiger partial charge in [-0.2, -0.15) is 0 Å². The number of carbonyl (C=O) groups excluding carboxylic acids is 1. The molecule has 2 aromatic carbocycles. The van der Waals surface area contributed by atoms with Crippen LogP contribution in [0.4, 0.5) is 13.2 Å². The van der Waals surface area contributed by atoms with Crippen molar-refractivity contribution in [2.45, 2.75) is 12.5 Å². The fourth-order valence-electron chi connectivity index (χ4n) is 2.76. The SMILES string of the molecule is O=C(Cc1ccc(Br)c(F)c1)N1CCOC(c2ccc(F)cc2F)C1. The van der Waals surface area contributed by atoms with Gasteiger partial charge in [-0.15, -0.1) is 0 Å². The standard InChI is InChI=1S/C18H15BrF3NO2/c19-14-4-1-11(7-16(14)22)8-18(24)23-5-6-25-17(10-23)13-3-2-12(20)9-15(13)21/h1-4,7,9,17H,5-6,8,10H2. The summed E-state index contributed by atoms with van der Waals surface area (Å²) in [5, 5.41) is 0. The summed E-state index contributed by atoms with van der Waals surface area (Å²) in [6.45, 7) is 0.791. The summed E-state index contributed by atoms with van der Waals surface area (Å²) in [6.07, 6.45) is -0.608. The van der Waals surface area contributed by atoms with Gasteiger partial charge in [-0.1, -0.05) is 12.1 Å². The van der Waals surface area contributed by atoms with E-state index < -0.39 is 23.6 Å². The molecule has 0 N–H and O–H groups in total. The molecule has 0 saturated carbocycles. The average Bonchev–Trinajstić information content (AvgIpc) is 2.58. The maximum atomic E-state index is 13.9. The number of amides is 1. The van der Waals surface area contributed by atoms with E-state index in [1.165, 1.54) is 12.1 Å². The Balaban J connectivity index is 1.70. The van der Waals surface area contributed by atoms with Gasteiger partial charge in [-0.3, -0.25) is 4.79 Å². The van der Waals surface area contributed by atoms with Crippen LogP contribution in [0.15, 0.2) is 40.9 Å². The van der Waals surface area contributed by atoms with Gasteiger partial charge in [0, 0.05) is 18.2 Å². The third-order valence-corrected chi connectivity index (χ3v) is 4.71. The van der Waals surface area contributed by atoms with Crippen LogP contribution in [0, 0.1) is 17.5 Å². The molecule has 0 aromatic heterocycles. The zero-order valence-electron chi connectivity index (χ0n) is 13.1. The van der Waals surface area contributed by atoms with Gasteiger partial charge in [0.15, 0.2) is 0 Å². The van der Waals surface area contributed by atoms with Gasteiger partial charge < -0.3 is 9.64 Å². The molecule has 1 fully saturated rings. The minimum Gasteiger partial charge on any atom is -0.370 e. The van der Waals surface area contributed by atoms with Crippen LogP contribution in [-0.4, -0.2) is 30.5 Å². The zero-order valence-corrected chi connectivity index (χ0v) is 14.7. The fraction of sp³-hybridized carbons (Fsp3) is 0.278. The lowest BCUT2D eigenvalue weighted by Crippen LogP contribution is -2.43. The van der Waals surface area contributed by atoms with Crippen molar-refractivity contribution in [2.75, 3.05) is 19.7 Å². The van der Waals surface area contributed by atoms with E-state index in [9.17, 15) is 18.0 Å². The van der Waals surface area contributed by atoms with Gasteiger partial charge >= 0.3 is 0 Å². The highest BCUT2D eigenvalue weighted by Gasteiger charge is 2.27. The molecule has 0 aliphatic carbocycles. The number of nitrogens with zero attached hydrogens (tertiary/aromatic N) is 1. The van der Waals surface area contributed by atoms with E-state index in [0.29, 0.717) is 16.6 Å². The Kier molecular flexibility index (Phi) is 5.44. The Morgan fingerprint density at radius 3 is 2.68 bits per heavy atom. The summed E-state index contributed by atoms with van der Waals surface area (Å²) >= 11 is 3.07. The number of benzene rings is 2. The van der Waals surface area contributed by atoms with Crippen LogP contribution in [-0.2, 0) is 16.0 Å². The van der Waals surface area contributed by atoms with Crippen molar-refractivity contribution in [3.05, 3.63) is 69.4 Å². The molecule has 1 saturated heterocycles. The molecule has 0 spiro atoms. The third kappa shape index (κ3) is 4.22. The molecule has 0 radical (unpaired) electrons. The second kappa shape index (κ2) is 7.58. The Labute approximate surface area is 151 Å². The number of carbonyl (C=O) groups is 1. The van der Waals surface area contributed by atoms with Crippen molar-refractivity contribution >= 4 is 21.8 Å². The summed E-state index contributed by atoms with van der Waals surface area (Å²) in [6, 6.07) is 7.81. The highest BCUT2D eigenvalue weighted by Crippen LogP contribution is 2.26. The van der Waals surface area contributed by atoms with Crippen LogP contribution in [0.25, 0.3) is 0 Å². The van der Waals surface area contributed by atoms with Gasteiger partial charge in [0.2, 0.25) is 5.91 Å². The van der Waals surface area contributed by atoms with Crippen LogP contribution >= 0.6 is 15.9 Å². The minimum absolute atomic E-state index is 0.0445. The van der Waals surface area contributed by atoms with E-state index in [2.05, 4.69) is 15.9 Å². The minimum atomic E-state index is -0.700. The van der Waals surface area contributed by atoms with Crippen molar-refractivity contribution in [1.82, 2.24) is 4.90 Å². The van der Waals surface area contributed by atoms with Crippen LogP contribution in [0.2, 0.25) is 0 Å². The van der Waals surface area contributed by atoms with E-state index in [4.69, 9.17) is 4.74 Å². The van der Waals surface area contributed by atoms with Crippen molar-refractivity contribution in [3.8, 4) is 0 Å². The van der Waals surface area contributed by atoms with Crippen molar-refractivity contribution in [1.29, 1.82) is 0 Å². The summed E-state index contributed by atoms with van der Waals surface area (Å²) in [5.41, 5.74) is 0.773. The van der Waals surface area contributed by atoms with E-state index in [1.807, 2.05) is 0 Å². The number of halogens is 4. The molecule has 1 amide bonds. The second-order valence-electron chi connectivity index (χ2n) is 5.79. The zero-order chi connectivity index (χ0) is 18.0. The quantitative estimate of drug-likeness (QED) is 0.760. The molecule has 1 unspecified atom stereocenters. The fourth-order valence-corrected chi connectivity index (χ4v) is 3.01. The number of morpholine rings is 1. The highest BCUT2D eigenvalue weighted by atomic mass is 79.9. The predicted octanol–water partition coefficient (Wildman–Crippen LogP) is 4.01. The molecule has 1 heterocycles. The summed E-state index contributed by atoms with van der Waals surface area (Å²) in [5.74, 6) is -1.99.